The molecule has 2 rings (SSSR count). The fourth-order valence-corrected chi connectivity index (χ4v) is 2.38. The van der Waals surface area contributed by atoms with Gasteiger partial charge in [-0.1, -0.05) is 23.2 Å². The molecule has 1 saturated heterocycles. The molecule has 0 aromatic heterocycles. The maximum absolute atomic E-state index is 12.1. The normalized spacial score (nSPS) is 18.8. The lowest BCUT2D eigenvalue weighted by Crippen LogP contribution is -2.45. The van der Waals surface area contributed by atoms with Crippen molar-refractivity contribution in [3.8, 4) is 6.07 Å². The minimum absolute atomic E-state index is 0.273. The molecule has 1 aliphatic rings. The van der Waals surface area contributed by atoms with Crippen LogP contribution in [0.25, 0.3) is 0 Å². The number of likely N-dealkylation sites (tertiary alicyclic amines) is 1. The lowest BCUT2D eigenvalue weighted by Gasteiger charge is -2.31. The van der Waals surface area contributed by atoms with Crippen LogP contribution in [0.5, 0.6) is 0 Å². The number of carbonyl (C=O) groups excluding carboxylic acids is 1. The summed E-state index contributed by atoms with van der Waals surface area (Å²) < 4.78 is 0. The third kappa shape index (κ3) is 3.31. The number of piperidine rings is 1. The molecule has 4 nitrogen and oxygen atoms in total. The molecule has 6 heteroatoms. The van der Waals surface area contributed by atoms with Gasteiger partial charge in [-0.25, -0.2) is 4.79 Å². The highest BCUT2D eigenvalue weighted by Crippen LogP contribution is 2.25. The minimum Gasteiger partial charge on any atom is -0.309 e. The van der Waals surface area contributed by atoms with Crippen LogP contribution in [0.1, 0.15) is 19.3 Å². The molecule has 1 aromatic rings. The van der Waals surface area contributed by atoms with E-state index >= 15 is 0 Å². The zero-order chi connectivity index (χ0) is 13.8. The van der Waals surface area contributed by atoms with Gasteiger partial charge in [0, 0.05) is 12.2 Å². The molecule has 1 heterocycles. The maximum Gasteiger partial charge on any atom is 0.322 e. The molecule has 1 aromatic carbocycles. The van der Waals surface area contributed by atoms with Crippen molar-refractivity contribution in [2.45, 2.75) is 25.3 Å². The summed E-state index contributed by atoms with van der Waals surface area (Å²) in [7, 11) is 0. The fourth-order valence-electron chi connectivity index (χ4n) is 2.08. The van der Waals surface area contributed by atoms with Crippen LogP contribution in [0.2, 0.25) is 10.0 Å². The van der Waals surface area contributed by atoms with E-state index in [2.05, 4.69) is 11.4 Å². The van der Waals surface area contributed by atoms with Crippen LogP contribution in [-0.4, -0.2) is 23.5 Å². The van der Waals surface area contributed by atoms with Crippen LogP contribution in [-0.2, 0) is 0 Å². The molecule has 0 bridgehead atoms. The SMILES string of the molecule is N#CC1CCCCN1C(=O)Nc1ccc(Cl)c(Cl)c1. The van der Waals surface area contributed by atoms with Crippen molar-refractivity contribution in [1.82, 2.24) is 4.90 Å². The van der Waals surface area contributed by atoms with Crippen molar-refractivity contribution in [3.05, 3.63) is 28.2 Å². The number of hydrogen-bond donors (Lipinski definition) is 1. The zero-order valence-corrected chi connectivity index (χ0v) is 11.7. The molecular weight excluding hydrogens is 285 g/mol. The summed E-state index contributed by atoms with van der Waals surface area (Å²) in [6.45, 7) is 0.603. The predicted octanol–water partition coefficient (Wildman–Crippen LogP) is 3.90. The smallest absolute Gasteiger partial charge is 0.309 e. The van der Waals surface area contributed by atoms with E-state index in [-0.39, 0.29) is 12.1 Å². The molecule has 1 atom stereocenters. The molecule has 1 aliphatic heterocycles. The van der Waals surface area contributed by atoms with Gasteiger partial charge >= 0.3 is 6.03 Å². The first-order valence-corrected chi connectivity index (χ1v) is 6.79. The molecule has 1 unspecified atom stereocenters. The van der Waals surface area contributed by atoms with Gasteiger partial charge in [0.25, 0.3) is 0 Å². The quantitative estimate of drug-likeness (QED) is 0.854. The van der Waals surface area contributed by atoms with Crippen LogP contribution >= 0.6 is 23.2 Å². The number of nitrogens with zero attached hydrogens (tertiary/aromatic N) is 2. The largest absolute Gasteiger partial charge is 0.322 e. The minimum atomic E-state index is -0.350. The van der Waals surface area contributed by atoms with E-state index < -0.39 is 0 Å². The first kappa shape index (κ1) is 14.0. The first-order chi connectivity index (χ1) is 9.11. The summed E-state index contributed by atoms with van der Waals surface area (Å²) in [5.41, 5.74) is 0.571. The number of nitrogens with one attached hydrogen (secondary N) is 1. The molecule has 0 saturated carbocycles. The average molecular weight is 298 g/mol. The summed E-state index contributed by atoms with van der Waals surface area (Å²) in [5, 5.41) is 12.6. The Morgan fingerprint density at radius 3 is 2.84 bits per heavy atom. The van der Waals surface area contributed by atoms with Crippen LogP contribution < -0.4 is 5.32 Å². The number of nitriles is 1. The monoisotopic (exact) mass is 297 g/mol. The third-order valence-corrected chi connectivity index (χ3v) is 3.82. The van der Waals surface area contributed by atoms with Gasteiger partial charge in [0.05, 0.1) is 16.1 Å². The number of rotatable bonds is 1. The number of hydrogen-bond acceptors (Lipinski definition) is 2. The summed E-state index contributed by atoms with van der Waals surface area (Å²) in [6, 6.07) is 6.43. The Kier molecular flexibility index (Phi) is 4.52. The van der Waals surface area contributed by atoms with Crippen molar-refractivity contribution >= 4 is 34.9 Å². The molecule has 19 heavy (non-hydrogen) atoms. The first-order valence-electron chi connectivity index (χ1n) is 6.04. The summed E-state index contributed by atoms with van der Waals surface area (Å²) >= 11 is 11.7. The van der Waals surface area contributed by atoms with Crippen molar-refractivity contribution in [3.63, 3.8) is 0 Å². The second-order valence-corrected chi connectivity index (χ2v) is 5.21. The van der Waals surface area contributed by atoms with Crippen LogP contribution in [0.15, 0.2) is 18.2 Å². The highest BCUT2D eigenvalue weighted by atomic mass is 35.5. The molecule has 0 radical (unpaired) electrons. The van der Waals surface area contributed by atoms with Gasteiger partial charge in [-0.05, 0) is 37.5 Å². The molecule has 1 fully saturated rings. The number of halogens is 2. The Bertz CT molecular complexity index is 527. The van der Waals surface area contributed by atoms with E-state index in [0.29, 0.717) is 22.3 Å². The number of urea groups is 1. The van der Waals surface area contributed by atoms with Gasteiger partial charge < -0.3 is 10.2 Å². The number of carbonyl (C=O) groups is 1. The van der Waals surface area contributed by atoms with Crippen molar-refractivity contribution in [2.24, 2.45) is 0 Å². The van der Waals surface area contributed by atoms with E-state index in [4.69, 9.17) is 28.5 Å². The lowest BCUT2D eigenvalue weighted by molar-refractivity contribution is 0.182. The molecule has 2 amide bonds. The standard InChI is InChI=1S/C13H13Cl2N3O/c14-11-5-4-9(7-12(11)15)17-13(19)18-6-2-1-3-10(18)8-16/h4-5,7,10H,1-3,6H2,(H,17,19). The van der Waals surface area contributed by atoms with Crippen LogP contribution in [0.4, 0.5) is 10.5 Å². The maximum atomic E-state index is 12.1. The Balaban J connectivity index is 2.07. The molecular formula is C13H13Cl2N3O. The van der Waals surface area contributed by atoms with Crippen molar-refractivity contribution < 1.29 is 4.79 Å². The van der Waals surface area contributed by atoms with Gasteiger partial charge in [-0.3, -0.25) is 0 Å². The Labute approximate surface area is 121 Å². The van der Waals surface area contributed by atoms with Gasteiger partial charge in [0.2, 0.25) is 0 Å². The fraction of sp³-hybridized carbons (Fsp3) is 0.385. The van der Waals surface area contributed by atoms with E-state index in [9.17, 15) is 4.79 Å². The Morgan fingerprint density at radius 2 is 2.16 bits per heavy atom. The molecule has 0 aliphatic carbocycles. The van der Waals surface area contributed by atoms with E-state index in [1.807, 2.05) is 0 Å². The molecule has 1 N–H and O–H groups in total. The van der Waals surface area contributed by atoms with Gasteiger partial charge in [0.1, 0.15) is 6.04 Å². The zero-order valence-electron chi connectivity index (χ0n) is 10.2. The van der Waals surface area contributed by atoms with Gasteiger partial charge in [0.15, 0.2) is 0 Å². The van der Waals surface area contributed by atoms with Gasteiger partial charge in [-0.15, -0.1) is 0 Å². The topological polar surface area (TPSA) is 56.1 Å². The van der Waals surface area contributed by atoms with E-state index in [0.717, 1.165) is 19.3 Å². The van der Waals surface area contributed by atoms with Crippen LogP contribution in [0, 0.1) is 11.3 Å². The van der Waals surface area contributed by atoms with E-state index in [1.54, 1.807) is 23.1 Å². The van der Waals surface area contributed by atoms with Crippen molar-refractivity contribution in [2.75, 3.05) is 11.9 Å². The second-order valence-electron chi connectivity index (χ2n) is 4.39. The predicted molar refractivity (Wildman–Crippen MR) is 75.4 cm³/mol. The Morgan fingerprint density at radius 1 is 1.37 bits per heavy atom. The second kappa shape index (κ2) is 6.14. The average Bonchev–Trinajstić information content (AvgIpc) is 2.43. The summed E-state index contributed by atoms with van der Waals surface area (Å²) in [6.07, 6.45) is 2.63. The van der Waals surface area contributed by atoms with E-state index in [1.165, 1.54) is 0 Å². The highest BCUT2D eigenvalue weighted by Gasteiger charge is 2.26. The molecule has 100 valence electrons. The summed E-state index contributed by atoms with van der Waals surface area (Å²) in [5.74, 6) is 0. The third-order valence-electron chi connectivity index (χ3n) is 3.08. The summed E-state index contributed by atoms with van der Waals surface area (Å²) in [4.78, 5) is 13.7. The van der Waals surface area contributed by atoms with Crippen LogP contribution in [0.3, 0.4) is 0 Å². The number of benzene rings is 1. The molecule has 0 spiro atoms. The lowest BCUT2D eigenvalue weighted by atomic mass is 10.0. The number of anilines is 1. The Hall–Kier alpha value is -1.44. The number of amides is 2. The van der Waals surface area contributed by atoms with Crippen molar-refractivity contribution in [1.29, 1.82) is 5.26 Å². The highest BCUT2D eigenvalue weighted by molar-refractivity contribution is 6.42. The van der Waals surface area contributed by atoms with Gasteiger partial charge in [-0.2, -0.15) is 5.26 Å².